The molecule has 0 aliphatic heterocycles. The Hall–Kier alpha value is -1.89. The quantitative estimate of drug-likeness (QED) is 0.372. The van der Waals surface area contributed by atoms with Gasteiger partial charge in [0.15, 0.2) is 0 Å². The first-order valence-electron chi connectivity index (χ1n) is 10.7. The zero-order valence-corrected chi connectivity index (χ0v) is 20.0. The number of halogens is 1. The van der Waals surface area contributed by atoms with E-state index in [9.17, 15) is 13.2 Å². The average molecular weight is 466 g/mol. The summed E-state index contributed by atoms with van der Waals surface area (Å²) < 4.78 is 28.7. The maximum atomic E-state index is 12.9. The van der Waals surface area contributed by atoms with Gasteiger partial charge in [0.05, 0.1) is 4.90 Å². The van der Waals surface area contributed by atoms with Gasteiger partial charge in [-0.3, -0.25) is 4.79 Å². The summed E-state index contributed by atoms with van der Waals surface area (Å²) in [6.45, 7) is 6.15. The highest BCUT2D eigenvalue weighted by atomic mass is 35.5. The first-order chi connectivity index (χ1) is 14.5. The zero-order valence-electron chi connectivity index (χ0n) is 18.4. The molecular weight excluding hydrogens is 434 g/mol. The fourth-order valence-electron chi connectivity index (χ4n) is 3.49. The SMILES string of the molecule is CCCCCC(NS(=O)(=O)c1ccc(Cl)cc1)c1ccc(C(C)(C)CCC(=O)O)cc1. The lowest BCUT2D eigenvalue weighted by atomic mass is 9.80. The summed E-state index contributed by atoms with van der Waals surface area (Å²) in [4.78, 5) is 11.1. The number of rotatable bonds is 12. The Labute approximate surface area is 190 Å². The van der Waals surface area contributed by atoms with Crippen molar-refractivity contribution in [2.24, 2.45) is 0 Å². The number of benzene rings is 2. The van der Waals surface area contributed by atoms with Crippen LogP contribution < -0.4 is 4.72 Å². The molecule has 0 aliphatic carbocycles. The first-order valence-corrected chi connectivity index (χ1v) is 12.5. The van der Waals surface area contributed by atoms with E-state index in [2.05, 4.69) is 11.6 Å². The second-order valence-corrected chi connectivity index (χ2v) is 10.7. The Morgan fingerprint density at radius 2 is 1.68 bits per heavy atom. The van der Waals surface area contributed by atoms with Gasteiger partial charge in [0.1, 0.15) is 0 Å². The van der Waals surface area contributed by atoms with Crippen LogP contribution in [-0.2, 0) is 20.2 Å². The Morgan fingerprint density at radius 1 is 1.06 bits per heavy atom. The number of hydrogen-bond donors (Lipinski definition) is 2. The summed E-state index contributed by atoms with van der Waals surface area (Å²) >= 11 is 5.89. The number of aliphatic carboxylic acids is 1. The molecule has 0 heterocycles. The van der Waals surface area contributed by atoms with Crippen molar-refractivity contribution >= 4 is 27.6 Å². The largest absolute Gasteiger partial charge is 0.481 e. The van der Waals surface area contributed by atoms with Crippen LogP contribution in [0, 0.1) is 0 Å². The highest BCUT2D eigenvalue weighted by Crippen LogP contribution is 2.31. The van der Waals surface area contributed by atoms with E-state index in [1.165, 1.54) is 12.1 Å². The molecule has 0 saturated carbocycles. The molecule has 0 fully saturated rings. The first kappa shape index (κ1) is 25.4. The van der Waals surface area contributed by atoms with Gasteiger partial charge in [0.2, 0.25) is 10.0 Å². The van der Waals surface area contributed by atoms with Crippen LogP contribution in [-0.4, -0.2) is 19.5 Å². The summed E-state index contributed by atoms with van der Waals surface area (Å²) in [5.74, 6) is -0.808. The number of hydrogen-bond acceptors (Lipinski definition) is 3. The van der Waals surface area contributed by atoms with E-state index in [1.807, 2.05) is 38.1 Å². The minimum Gasteiger partial charge on any atom is -0.481 e. The van der Waals surface area contributed by atoms with E-state index in [0.29, 0.717) is 17.9 Å². The van der Waals surface area contributed by atoms with Crippen molar-refractivity contribution in [2.45, 2.75) is 75.6 Å². The van der Waals surface area contributed by atoms with Gasteiger partial charge >= 0.3 is 5.97 Å². The third-order valence-electron chi connectivity index (χ3n) is 5.58. The number of carboxylic acids is 1. The molecule has 0 saturated heterocycles. The fraction of sp³-hybridized carbons (Fsp3) is 0.458. The molecule has 2 rings (SSSR count). The highest BCUT2D eigenvalue weighted by Gasteiger charge is 2.24. The molecule has 5 nitrogen and oxygen atoms in total. The van der Waals surface area contributed by atoms with Crippen LogP contribution in [0.4, 0.5) is 0 Å². The summed E-state index contributed by atoms with van der Waals surface area (Å²) in [6.07, 6.45) is 4.32. The number of sulfonamides is 1. The minimum atomic E-state index is -3.69. The van der Waals surface area contributed by atoms with Crippen molar-refractivity contribution in [2.75, 3.05) is 0 Å². The van der Waals surface area contributed by atoms with Crippen molar-refractivity contribution in [3.8, 4) is 0 Å². The minimum absolute atomic E-state index is 0.106. The van der Waals surface area contributed by atoms with Crippen LogP contribution in [0.2, 0.25) is 5.02 Å². The lowest BCUT2D eigenvalue weighted by Gasteiger charge is -2.26. The Morgan fingerprint density at radius 3 is 2.23 bits per heavy atom. The fourth-order valence-corrected chi connectivity index (χ4v) is 4.88. The van der Waals surface area contributed by atoms with Crippen LogP contribution in [0.5, 0.6) is 0 Å². The van der Waals surface area contributed by atoms with Crippen molar-refractivity contribution < 1.29 is 18.3 Å². The lowest BCUT2D eigenvalue weighted by molar-refractivity contribution is -0.137. The molecule has 0 radical (unpaired) electrons. The van der Waals surface area contributed by atoms with Crippen LogP contribution >= 0.6 is 11.6 Å². The van der Waals surface area contributed by atoms with Gasteiger partial charge in [-0.1, -0.05) is 75.9 Å². The average Bonchev–Trinajstić information content (AvgIpc) is 2.72. The van der Waals surface area contributed by atoms with E-state index >= 15 is 0 Å². The van der Waals surface area contributed by atoms with Crippen molar-refractivity contribution in [1.29, 1.82) is 0 Å². The highest BCUT2D eigenvalue weighted by molar-refractivity contribution is 7.89. The molecule has 2 aromatic rings. The lowest BCUT2D eigenvalue weighted by Crippen LogP contribution is -2.29. The van der Waals surface area contributed by atoms with E-state index in [1.54, 1.807) is 12.1 Å². The molecule has 31 heavy (non-hydrogen) atoms. The molecule has 170 valence electrons. The maximum absolute atomic E-state index is 12.9. The molecule has 0 bridgehead atoms. The van der Waals surface area contributed by atoms with E-state index in [0.717, 1.165) is 30.4 Å². The molecule has 1 unspecified atom stereocenters. The molecule has 0 amide bonds. The predicted molar refractivity (Wildman–Crippen MR) is 125 cm³/mol. The van der Waals surface area contributed by atoms with Crippen molar-refractivity contribution in [1.82, 2.24) is 4.72 Å². The smallest absolute Gasteiger partial charge is 0.303 e. The summed E-state index contributed by atoms with van der Waals surface area (Å²) in [5, 5.41) is 9.47. The summed E-state index contributed by atoms with van der Waals surface area (Å²) in [6, 6.07) is 13.6. The van der Waals surface area contributed by atoms with Gasteiger partial charge in [-0.2, -0.15) is 0 Å². The van der Waals surface area contributed by atoms with Crippen molar-refractivity contribution in [3.05, 3.63) is 64.7 Å². The van der Waals surface area contributed by atoms with Crippen LogP contribution in [0.1, 0.15) is 76.5 Å². The second kappa shape index (κ2) is 11.1. The van der Waals surface area contributed by atoms with Gasteiger partial charge in [0.25, 0.3) is 0 Å². The predicted octanol–water partition coefficient (Wildman–Crippen LogP) is 6.08. The third kappa shape index (κ3) is 7.63. The Kier molecular flexibility index (Phi) is 9.10. The van der Waals surface area contributed by atoms with Gasteiger partial charge in [-0.15, -0.1) is 0 Å². The topological polar surface area (TPSA) is 83.5 Å². The zero-order chi connectivity index (χ0) is 23.1. The number of unbranched alkanes of at least 4 members (excludes halogenated alkanes) is 2. The second-order valence-electron chi connectivity index (χ2n) is 8.52. The van der Waals surface area contributed by atoms with E-state index in [4.69, 9.17) is 16.7 Å². The Balaban J connectivity index is 2.24. The van der Waals surface area contributed by atoms with Crippen LogP contribution in [0.15, 0.2) is 53.4 Å². The number of nitrogens with one attached hydrogen (secondary N) is 1. The molecule has 1 atom stereocenters. The van der Waals surface area contributed by atoms with Gasteiger partial charge in [-0.25, -0.2) is 13.1 Å². The number of carbonyl (C=O) groups is 1. The van der Waals surface area contributed by atoms with Crippen LogP contribution in [0.3, 0.4) is 0 Å². The molecule has 0 spiro atoms. The summed E-state index contributed by atoms with van der Waals surface area (Å²) in [5.41, 5.74) is 1.65. The Bertz CT molecular complexity index is 954. The molecule has 7 heteroatoms. The van der Waals surface area contributed by atoms with E-state index in [-0.39, 0.29) is 22.8 Å². The standard InChI is InChI=1S/C24H32ClNO4S/c1-4-5-6-7-22(26-31(29,30)21-14-12-20(25)13-15-21)18-8-10-19(11-9-18)24(2,3)17-16-23(27)28/h8-15,22,26H,4-7,16-17H2,1-3H3,(H,27,28). The molecule has 2 N–H and O–H groups in total. The monoisotopic (exact) mass is 465 g/mol. The molecular formula is C24H32ClNO4S. The number of carboxylic acid groups (broad SMARTS) is 1. The summed E-state index contributed by atoms with van der Waals surface area (Å²) in [7, 11) is -3.69. The van der Waals surface area contributed by atoms with Crippen LogP contribution in [0.25, 0.3) is 0 Å². The van der Waals surface area contributed by atoms with Crippen molar-refractivity contribution in [3.63, 3.8) is 0 Å². The van der Waals surface area contributed by atoms with E-state index < -0.39 is 16.0 Å². The third-order valence-corrected chi connectivity index (χ3v) is 7.32. The van der Waals surface area contributed by atoms with Gasteiger partial charge in [0, 0.05) is 17.5 Å². The molecule has 0 aliphatic rings. The normalized spacial score (nSPS) is 13.2. The van der Waals surface area contributed by atoms with Gasteiger partial charge in [-0.05, 0) is 53.6 Å². The molecule has 2 aromatic carbocycles. The van der Waals surface area contributed by atoms with Gasteiger partial charge < -0.3 is 5.11 Å². The molecule has 0 aromatic heterocycles. The maximum Gasteiger partial charge on any atom is 0.303 e.